The van der Waals surface area contributed by atoms with Gasteiger partial charge in [-0.1, -0.05) is 38.5 Å². The third kappa shape index (κ3) is 5.00. The second kappa shape index (κ2) is 11.8. The first-order valence-corrected chi connectivity index (χ1v) is 18.9. The molecule has 4 aliphatic carbocycles. The van der Waals surface area contributed by atoms with Gasteiger partial charge in [-0.2, -0.15) is 0 Å². The van der Waals surface area contributed by atoms with E-state index in [0.717, 1.165) is 0 Å². The zero-order valence-electron chi connectivity index (χ0n) is 26.0. The Kier molecular flexibility index (Phi) is 7.96. The molecule has 0 spiro atoms. The summed E-state index contributed by atoms with van der Waals surface area (Å²) in [7, 11) is 0. The van der Waals surface area contributed by atoms with E-state index in [-0.39, 0.29) is 54.0 Å². The Hall–Kier alpha value is -0.560. The van der Waals surface area contributed by atoms with Crippen LogP contribution >= 0.6 is 11.6 Å². The fourth-order valence-corrected chi connectivity index (χ4v) is 12.8. The molecule has 0 aromatic carbocycles. The van der Waals surface area contributed by atoms with Gasteiger partial charge in [-0.25, -0.2) is 0 Å². The molecule has 18 atom stereocenters. The molecule has 5 aliphatic heterocycles. The van der Waals surface area contributed by atoms with Gasteiger partial charge in [0.05, 0.1) is 55.2 Å². The Morgan fingerprint density at radius 3 is 1.07 bits per heavy atom. The fourth-order valence-electron chi connectivity index (χ4n) is 12.2. The van der Waals surface area contributed by atoms with E-state index >= 15 is 0 Å². The molecule has 246 valence electrons. The standard InChI is InChI=1S/C33H55ClN8O2/c34-23-14-15(33(43)44)13-22-24(23)32-41-30-21-12-6-5-11-20(21)28(39-30)37-26-17-8-2-1-7-16(17)25(35-26)36-27-18-9-3-4-10-19(18)29(38-27)40-31(22)42-32/h15-32,35-42H,1-14H2,(H,43,44). The van der Waals surface area contributed by atoms with Crippen LogP contribution in [0.1, 0.15) is 89.9 Å². The van der Waals surface area contributed by atoms with Crippen molar-refractivity contribution in [1.29, 1.82) is 0 Å². The average Bonchev–Trinajstić information content (AvgIpc) is 3.76. The normalized spacial score (nSPS) is 56.8. The predicted molar refractivity (Wildman–Crippen MR) is 169 cm³/mol. The highest BCUT2D eigenvalue weighted by Crippen LogP contribution is 2.47. The molecule has 5 heterocycles. The van der Waals surface area contributed by atoms with Crippen LogP contribution in [0.4, 0.5) is 0 Å². The summed E-state index contributed by atoms with van der Waals surface area (Å²) >= 11 is 7.17. The minimum absolute atomic E-state index is 0.0295. The number of carboxylic acids is 1. The second-order valence-electron chi connectivity index (χ2n) is 16.3. The van der Waals surface area contributed by atoms with Crippen molar-refractivity contribution in [3.05, 3.63) is 0 Å². The zero-order valence-corrected chi connectivity index (χ0v) is 26.8. The van der Waals surface area contributed by atoms with Crippen LogP contribution in [0.25, 0.3) is 0 Å². The number of nitrogens with one attached hydrogen (secondary N) is 8. The molecule has 0 aromatic heterocycles. The van der Waals surface area contributed by atoms with Gasteiger partial charge < -0.3 is 5.11 Å². The molecule has 9 rings (SSSR count). The van der Waals surface area contributed by atoms with E-state index in [1.807, 2.05) is 0 Å². The van der Waals surface area contributed by atoms with Gasteiger partial charge in [0.15, 0.2) is 0 Å². The van der Waals surface area contributed by atoms with Crippen molar-refractivity contribution in [2.45, 2.75) is 145 Å². The molecule has 11 heteroatoms. The quantitative estimate of drug-likeness (QED) is 0.199. The molecule has 0 amide bonds. The van der Waals surface area contributed by atoms with E-state index in [1.54, 1.807) is 0 Å². The highest BCUT2D eigenvalue weighted by atomic mass is 35.5. The number of carbonyl (C=O) groups is 1. The molecule has 4 saturated carbocycles. The first kappa shape index (κ1) is 29.6. The smallest absolute Gasteiger partial charge is 0.306 e. The van der Waals surface area contributed by atoms with Crippen LogP contribution in [0.2, 0.25) is 0 Å². The number of fused-ring (bicyclic) bond motifs is 20. The van der Waals surface area contributed by atoms with E-state index in [1.165, 1.54) is 77.0 Å². The Balaban J connectivity index is 1.06. The summed E-state index contributed by atoms with van der Waals surface area (Å²) in [5.41, 5.74) is 0. The summed E-state index contributed by atoms with van der Waals surface area (Å²) < 4.78 is 0. The monoisotopic (exact) mass is 630 g/mol. The summed E-state index contributed by atoms with van der Waals surface area (Å²) in [6.07, 6.45) is 18.6. The first-order chi connectivity index (χ1) is 21.5. The summed E-state index contributed by atoms with van der Waals surface area (Å²) in [4.78, 5) is 12.2. The maximum absolute atomic E-state index is 12.2. The number of carboxylic acid groups (broad SMARTS) is 1. The first-order valence-electron chi connectivity index (χ1n) is 18.5. The van der Waals surface area contributed by atoms with Crippen LogP contribution in [0.15, 0.2) is 0 Å². The minimum atomic E-state index is -0.696. The molecule has 44 heavy (non-hydrogen) atoms. The van der Waals surface area contributed by atoms with Gasteiger partial charge in [-0.05, 0) is 92.8 Å². The van der Waals surface area contributed by atoms with Gasteiger partial charge in [-0.3, -0.25) is 47.3 Å². The summed E-state index contributed by atoms with van der Waals surface area (Å²) in [6, 6.07) is 0. The molecular formula is C33H55ClN8O2. The Morgan fingerprint density at radius 1 is 0.455 bits per heavy atom. The van der Waals surface area contributed by atoms with Crippen molar-refractivity contribution < 1.29 is 9.90 Å². The van der Waals surface area contributed by atoms with Gasteiger partial charge >= 0.3 is 5.97 Å². The fraction of sp³-hybridized carbons (Fsp3) is 0.970. The van der Waals surface area contributed by atoms with E-state index in [9.17, 15) is 9.90 Å². The Bertz CT molecular complexity index is 1090. The lowest BCUT2D eigenvalue weighted by atomic mass is 9.73. The maximum atomic E-state index is 12.2. The van der Waals surface area contributed by atoms with Crippen molar-refractivity contribution >= 4 is 17.6 Å². The molecule has 8 bridgehead atoms. The minimum Gasteiger partial charge on any atom is -0.481 e. The van der Waals surface area contributed by atoms with Crippen molar-refractivity contribution in [2.75, 3.05) is 0 Å². The number of alkyl halides is 1. The molecule has 9 aliphatic rings. The maximum Gasteiger partial charge on any atom is 0.306 e. The van der Waals surface area contributed by atoms with Crippen molar-refractivity contribution in [1.82, 2.24) is 42.5 Å². The Labute approximate surface area is 267 Å². The van der Waals surface area contributed by atoms with Gasteiger partial charge in [-0.15, -0.1) is 11.6 Å². The molecule has 9 fully saturated rings. The zero-order chi connectivity index (χ0) is 29.5. The number of rotatable bonds is 1. The molecular weight excluding hydrogens is 576 g/mol. The molecule has 9 N–H and O–H groups in total. The average molecular weight is 631 g/mol. The van der Waals surface area contributed by atoms with Crippen LogP contribution in [-0.2, 0) is 4.79 Å². The summed E-state index contributed by atoms with van der Waals surface area (Å²) in [6.45, 7) is 0. The lowest BCUT2D eigenvalue weighted by Gasteiger charge is -2.39. The Morgan fingerprint density at radius 2 is 0.750 bits per heavy atom. The lowest BCUT2D eigenvalue weighted by Crippen LogP contribution is -2.61. The van der Waals surface area contributed by atoms with E-state index in [2.05, 4.69) is 42.5 Å². The molecule has 0 aromatic rings. The third-order valence-electron chi connectivity index (χ3n) is 14.2. The number of hydrogen-bond donors (Lipinski definition) is 9. The van der Waals surface area contributed by atoms with Gasteiger partial charge in [0.1, 0.15) is 0 Å². The van der Waals surface area contributed by atoms with Gasteiger partial charge in [0.2, 0.25) is 0 Å². The van der Waals surface area contributed by atoms with Crippen LogP contribution in [0, 0.1) is 53.3 Å². The van der Waals surface area contributed by atoms with E-state index < -0.39 is 5.97 Å². The van der Waals surface area contributed by atoms with Crippen molar-refractivity contribution in [3.8, 4) is 0 Å². The van der Waals surface area contributed by atoms with Crippen LogP contribution < -0.4 is 42.5 Å². The molecule has 5 saturated heterocycles. The molecule has 0 radical (unpaired) electrons. The molecule has 18 unspecified atom stereocenters. The SMILES string of the molecule is O=C(O)C1CC(Cl)C2C3NC4NC(NC5NC(NC6NC(NC(N3)C2C1)C1CCCCC61)C1CCCCC51)C1CCCCC41. The van der Waals surface area contributed by atoms with Crippen LogP contribution in [0.3, 0.4) is 0 Å². The van der Waals surface area contributed by atoms with Crippen molar-refractivity contribution in [3.63, 3.8) is 0 Å². The second-order valence-corrected chi connectivity index (χ2v) is 16.8. The lowest BCUT2D eigenvalue weighted by molar-refractivity contribution is -0.143. The highest BCUT2D eigenvalue weighted by molar-refractivity contribution is 6.21. The van der Waals surface area contributed by atoms with Gasteiger partial charge in [0.25, 0.3) is 0 Å². The largest absolute Gasteiger partial charge is 0.481 e. The van der Waals surface area contributed by atoms with E-state index in [0.29, 0.717) is 66.8 Å². The number of hydrogen-bond acceptors (Lipinski definition) is 9. The number of aliphatic carboxylic acids is 1. The van der Waals surface area contributed by atoms with Crippen LogP contribution in [-0.4, -0.2) is 65.8 Å². The summed E-state index contributed by atoms with van der Waals surface area (Å²) in [5, 5.41) is 42.8. The number of halogens is 1. The third-order valence-corrected chi connectivity index (χ3v) is 14.7. The summed E-state index contributed by atoms with van der Waals surface area (Å²) in [5.74, 6) is 3.02. The van der Waals surface area contributed by atoms with Crippen LogP contribution in [0.5, 0.6) is 0 Å². The van der Waals surface area contributed by atoms with Crippen molar-refractivity contribution in [2.24, 2.45) is 53.3 Å². The molecule has 10 nitrogen and oxygen atoms in total. The predicted octanol–water partition coefficient (Wildman–Crippen LogP) is 2.13. The van der Waals surface area contributed by atoms with Gasteiger partial charge in [0, 0.05) is 11.3 Å². The van der Waals surface area contributed by atoms with E-state index in [4.69, 9.17) is 11.6 Å². The topological polar surface area (TPSA) is 134 Å². The highest BCUT2D eigenvalue weighted by Gasteiger charge is 2.56.